The normalized spacial score (nSPS) is 20.0. The Bertz CT molecular complexity index is 1210. The molecule has 0 saturated carbocycles. The number of carbonyl (C=O) groups is 2. The molecule has 2 fully saturated rings. The van der Waals surface area contributed by atoms with Gasteiger partial charge in [0.15, 0.2) is 0 Å². The Morgan fingerprint density at radius 2 is 1.50 bits per heavy atom. The zero-order chi connectivity index (χ0) is 28.3. The van der Waals surface area contributed by atoms with Gasteiger partial charge in [-0.2, -0.15) is 8.61 Å². The van der Waals surface area contributed by atoms with Crippen molar-refractivity contribution in [3.05, 3.63) is 24.3 Å². The predicted octanol–water partition coefficient (Wildman–Crippen LogP) is 2.54. The summed E-state index contributed by atoms with van der Waals surface area (Å²) in [6.45, 7) is 10.9. The van der Waals surface area contributed by atoms with Crippen molar-refractivity contribution in [1.29, 1.82) is 0 Å². The minimum Gasteiger partial charge on any atom is -0.444 e. The van der Waals surface area contributed by atoms with E-state index in [4.69, 9.17) is 4.74 Å². The molecule has 11 nitrogen and oxygen atoms in total. The van der Waals surface area contributed by atoms with Crippen LogP contribution in [0.4, 0.5) is 4.79 Å². The van der Waals surface area contributed by atoms with E-state index in [2.05, 4.69) is 0 Å². The molecule has 38 heavy (non-hydrogen) atoms. The number of sulfonamides is 2. The number of benzene rings is 1. The smallest absolute Gasteiger partial charge is 0.411 e. The second kappa shape index (κ2) is 11.9. The van der Waals surface area contributed by atoms with Gasteiger partial charge >= 0.3 is 6.09 Å². The van der Waals surface area contributed by atoms with Crippen LogP contribution in [0.15, 0.2) is 34.1 Å². The summed E-state index contributed by atoms with van der Waals surface area (Å²) in [5, 5.41) is 0. The number of piperidine rings is 1. The molecule has 2 aliphatic rings. The molecule has 0 N–H and O–H groups in total. The molecule has 3 rings (SSSR count). The Kier molecular flexibility index (Phi) is 9.49. The van der Waals surface area contributed by atoms with E-state index in [0.717, 1.165) is 0 Å². The van der Waals surface area contributed by atoms with Gasteiger partial charge in [0.05, 0.1) is 22.4 Å². The van der Waals surface area contributed by atoms with E-state index in [1.165, 1.54) is 37.8 Å². The van der Waals surface area contributed by atoms with Crippen LogP contribution >= 0.6 is 0 Å². The topological polar surface area (TPSA) is 125 Å². The van der Waals surface area contributed by atoms with Crippen LogP contribution in [0.25, 0.3) is 0 Å². The number of hydrogen-bond donors (Lipinski definition) is 0. The molecule has 2 amide bonds. The molecule has 0 aromatic heterocycles. The number of amides is 2. The summed E-state index contributed by atoms with van der Waals surface area (Å²) in [5.74, 6) is -0.710. The van der Waals surface area contributed by atoms with Crippen molar-refractivity contribution in [3.8, 4) is 0 Å². The minimum atomic E-state index is -3.93. The van der Waals surface area contributed by atoms with E-state index in [1.807, 2.05) is 0 Å². The summed E-state index contributed by atoms with van der Waals surface area (Å²) >= 11 is 0. The highest BCUT2D eigenvalue weighted by molar-refractivity contribution is 7.89. The third-order valence-corrected chi connectivity index (χ3v) is 10.6. The van der Waals surface area contributed by atoms with Crippen molar-refractivity contribution in [1.82, 2.24) is 18.4 Å². The van der Waals surface area contributed by atoms with Gasteiger partial charge in [-0.3, -0.25) is 9.69 Å². The van der Waals surface area contributed by atoms with Crippen molar-refractivity contribution < 1.29 is 31.2 Å². The van der Waals surface area contributed by atoms with E-state index in [-0.39, 0.29) is 35.5 Å². The highest BCUT2D eigenvalue weighted by atomic mass is 32.2. The van der Waals surface area contributed by atoms with Crippen molar-refractivity contribution in [2.24, 2.45) is 5.92 Å². The second-order valence-corrected chi connectivity index (χ2v) is 14.5. The number of rotatable bonds is 7. The second-order valence-electron chi connectivity index (χ2n) is 10.6. The lowest BCUT2D eigenvalue weighted by atomic mass is 9.98. The molecule has 0 bridgehead atoms. The first-order chi connectivity index (χ1) is 17.7. The van der Waals surface area contributed by atoms with Gasteiger partial charge in [-0.25, -0.2) is 21.6 Å². The van der Waals surface area contributed by atoms with Gasteiger partial charge in [0.1, 0.15) is 5.60 Å². The summed E-state index contributed by atoms with van der Waals surface area (Å²) in [5.41, 5.74) is -0.643. The van der Waals surface area contributed by atoms with E-state index < -0.39 is 37.7 Å². The average Bonchev–Trinajstić information content (AvgIpc) is 2.88. The highest BCUT2D eigenvalue weighted by Gasteiger charge is 2.37. The lowest BCUT2D eigenvalue weighted by Crippen LogP contribution is -2.54. The number of ether oxygens (including phenoxy) is 1. The van der Waals surface area contributed by atoms with E-state index in [1.54, 1.807) is 39.5 Å². The lowest BCUT2D eigenvalue weighted by Gasteiger charge is -2.39. The standard InChI is InChI=1S/C25H40N4O7S2/c1-6-28(7-2)37(32,33)21-11-13-22(14-12-21)38(34,35)29-17-8-10-20(18-29)23(30)26-15-9-16-27(19-26)24(31)36-25(3,4)5/h11-14,20H,6-10,15-19H2,1-5H3/t20-/m1/s1. The Morgan fingerprint density at radius 1 is 0.921 bits per heavy atom. The molecule has 2 heterocycles. The fourth-order valence-electron chi connectivity index (χ4n) is 4.72. The van der Waals surface area contributed by atoms with Gasteiger partial charge in [-0.15, -0.1) is 0 Å². The average molecular weight is 573 g/mol. The minimum absolute atomic E-state index is 0.0156. The zero-order valence-corrected chi connectivity index (χ0v) is 24.6. The molecule has 2 saturated heterocycles. The summed E-state index contributed by atoms with van der Waals surface area (Å²) in [4.78, 5) is 29.0. The third kappa shape index (κ3) is 6.85. The van der Waals surface area contributed by atoms with Gasteiger partial charge < -0.3 is 9.64 Å². The molecule has 13 heteroatoms. The van der Waals surface area contributed by atoms with Crippen LogP contribution in [-0.4, -0.2) is 98.8 Å². The first-order valence-corrected chi connectivity index (χ1v) is 16.0. The fraction of sp³-hybridized carbons (Fsp3) is 0.680. The summed E-state index contributed by atoms with van der Waals surface area (Å²) in [7, 11) is -7.63. The molecule has 2 aliphatic heterocycles. The maximum Gasteiger partial charge on any atom is 0.411 e. The number of carbonyl (C=O) groups excluding carboxylic acids is 2. The van der Waals surface area contributed by atoms with Crippen LogP contribution < -0.4 is 0 Å². The van der Waals surface area contributed by atoms with Gasteiger partial charge in [-0.05, 0) is 64.3 Å². The van der Waals surface area contributed by atoms with Crippen LogP contribution in [0.3, 0.4) is 0 Å². The Balaban J connectivity index is 1.70. The molecule has 0 radical (unpaired) electrons. The zero-order valence-electron chi connectivity index (χ0n) is 22.9. The molecular weight excluding hydrogens is 532 g/mol. The quantitative estimate of drug-likeness (QED) is 0.492. The van der Waals surface area contributed by atoms with Crippen LogP contribution in [0, 0.1) is 5.92 Å². The van der Waals surface area contributed by atoms with Crippen LogP contribution in [0.1, 0.15) is 53.9 Å². The molecule has 0 spiro atoms. The Morgan fingerprint density at radius 3 is 2.08 bits per heavy atom. The molecule has 1 aromatic rings. The molecule has 1 atom stereocenters. The summed E-state index contributed by atoms with van der Waals surface area (Å²) in [6, 6.07) is 5.24. The Labute approximate surface area is 226 Å². The third-order valence-electron chi connectivity index (χ3n) is 6.70. The molecule has 0 aliphatic carbocycles. The summed E-state index contributed by atoms with van der Waals surface area (Å²) < 4.78 is 60.3. The largest absolute Gasteiger partial charge is 0.444 e. The van der Waals surface area contributed by atoms with Crippen molar-refractivity contribution in [3.63, 3.8) is 0 Å². The van der Waals surface area contributed by atoms with E-state index in [0.29, 0.717) is 45.4 Å². The van der Waals surface area contributed by atoms with E-state index >= 15 is 0 Å². The SMILES string of the molecule is CCN(CC)S(=O)(=O)c1ccc(S(=O)(=O)N2CCC[C@@H](C(=O)N3CCCN(C(=O)OC(C)(C)C)C3)C2)cc1. The number of nitrogens with zero attached hydrogens (tertiary/aromatic N) is 4. The van der Waals surface area contributed by atoms with Gasteiger partial charge in [0, 0.05) is 39.3 Å². The fourth-order valence-corrected chi connectivity index (χ4v) is 7.70. The van der Waals surface area contributed by atoms with Crippen LogP contribution in [-0.2, 0) is 29.6 Å². The van der Waals surface area contributed by atoms with Crippen molar-refractivity contribution in [2.45, 2.75) is 69.3 Å². The number of hydrogen-bond acceptors (Lipinski definition) is 7. The highest BCUT2D eigenvalue weighted by Crippen LogP contribution is 2.27. The summed E-state index contributed by atoms with van der Waals surface area (Å²) in [6.07, 6.45) is 1.21. The molecule has 214 valence electrons. The first kappa shape index (κ1) is 30.3. The van der Waals surface area contributed by atoms with Crippen LogP contribution in [0.5, 0.6) is 0 Å². The van der Waals surface area contributed by atoms with E-state index in [9.17, 15) is 26.4 Å². The lowest BCUT2D eigenvalue weighted by molar-refractivity contribution is -0.140. The Hall–Kier alpha value is -2.22. The first-order valence-electron chi connectivity index (χ1n) is 13.1. The van der Waals surface area contributed by atoms with Gasteiger partial charge in [0.2, 0.25) is 26.0 Å². The maximum absolute atomic E-state index is 13.4. The maximum atomic E-state index is 13.4. The monoisotopic (exact) mass is 572 g/mol. The predicted molar refractivity (Wildman–Crippen MR) is 142 cm³/mol. The van der Waals surface area contributed by atoms with Crippen molar-refractivity contribution in [2.75, 3.05) is 45.9 Å². The molecular formula is C25H40N4O7S2. The molecule has 1 aromatic carbocycles. The van der Waals surface area contributed by atoms with Crippen LogP contribution in [0.2, 0.25) is 0 Å². The molecule has 0 unspecified atom stereocenters. The van der Waals surface area contributed by atoms with Crippen molar-refractivity contribution >= 4 is 32.0 Å². The van der Waals surface area contributed by atoms with Gasteiger partial charge in [-0.1, -0.05) is 13.8 Å². The van der Waals surface area contributed by atoms with Gasteiger partial charge in [0.25, 0.3) is 0 Å².